The van der Waals surface area contributed by atoms with Gasteiger partial charge in [-0.05, 0) is 30.2 Å². The number of hydrogen-bond acceptors (Lipinski definition) is 7. The SMILES string of the molecule is CN1C(=O)[C@@]23C[C@](C)(C#N)[C@H](c4ccc5c(c4)OCO5)N2C(=O)[C@@]1(Cc1ccccc1)SS3. The van der Waals surface area contributed by atoms with Crippen LogP contribution in [0.1, 0.15) is 30.5 Å². The molecule has 0 unspecified atom stereocenters. The molecule has 9 heteroatoms. The van der Waals surface area contributed by atoms with Crippen molar-refractivity contribution in [2.45, 2.75) is 35.5 Å². The summed E-state index contributed by atoms with van der Waals surface area (Å²) in [5.74, 6) is 0.982. The lowest BCUT2D eigenvalue weighted by Gasteiger charge is -2.58. The lowest BCUT2D eigenvalue weighted by Crippen LogP contribution is -2.75. The van der Waals surface area contributed by atoms with E-state index in [2.05, 4.69) is 6.07 Å². The highest BCUT2D eigenvalue weighted by atomic mass is 33.1. The molecule has 0 aromatic heterocycles. The monoisotopic (exact) mass is 479 g/mol. The Morgan fingerprint density at radius 1 is 1.09 bits per heavy atom. The molecular formula is C24H21N3O4S2. The van der Waals surface area contributed by atoms with Gasteiger partial charge in [0.1, 0.15) is 0 Å². The Bertz CT molecular complexity index is 1230. The number of nitriles is 1. The minimum atomic E-state index is -1.11. The number of carbonyl (C=O) groups is 2. The predicted octanol–water partition coefficient (Wildman–Crippen LogP) is 3.72. The fourth-order valence-corrected chi connectivity index (χ4v) is 9.41. The number of piperazine rings is 1. The van der Waals surface area contributed by atoms with Crippen LogP contribution in [0.4, 0.5) is 0 Å². The highest BCUT2D eigenvalue weighted by Gasteiger charge is 2.75. The van der Waals surface area contributed by atoms with Crippen molar-refractivity contribution in [3.63, 3.8) is 0 Å². The first-order valence-corrected chi connectivity index (χ1v) is 12.8. The summed E-state index contributed by atoms with van der Waals surface area (Å²) < 4.78 is 11.0. The van der Waals surface area contributed by atoms with Gasteiger partial charge in [-0.3, -0.25) is 9.59 Å². The Labute approximate surface area is 199 Å². The van der Waals surface area contributed by atoms with Crippen molar-refractivity contribution >= 4 is 33.4 Å². The van der Waals surface area contributed by atoms with Crippen molar-refractivity contribution in [2.75, 3.05) is 13.8 Å². The second kappa shape index (κ2) is 6.84. The topological polar surface area (TPSA) is 82.9 Å². The maximum atomic E-state index is 14.3. The average Bonchev–Trinajstić information content (AvgIpc) is 3.40. The van der Waals surface area contributed by atoms with Gasteiger partial charge >= 0.3 is 0 Å². The van der Waals surface area contributed by atoms with Crippen LogP contribution in [0.2, 0.25) is 0 Å². The summed E-state index contributed by atoms with van der Waals surface area (Å²) in [7, 11) is 4.59. The average molecular weight is 480 g/mol. The van der Waals surface area contributed by atoms with E-state index in [1.165, 1.54) is 21.6 Å². The fraction of sp³-hybridized carbons (Fsp3) is 0.375. The van der Waals surface area contributed by atoms with E-state index in [1.54, 1.807) is 16.8 Å². The van der Waals surface area contributed by atoms with Crippen molar-refractivity contribution in [1.82, 2.24) is 9.80 Å². The van der Waals surface area contributed by atoms with E-state index in [0.717, 1.165) is 11.1 Å². The fourth-order valence-electron chi connectivity index (χ4n) is 5.52. The van der Waals surface area contributed by atoms with Gasteiger partial charge in [-0.2, -0.15) is 5.26 Å². The summed E-state index contributed by atoms with van der Waals surface area (Å²) in [6.07, 6.45) is 0.667. The first-order chi connectivity index (χ1) is 15.8. The van der Waals surface area contributed by atoms with Gasteiger partial charge in [-0.1, -0.05) is 58.0 Å². The summed E-state index contributed by atoms with van der Waals surface area (Å²) in [5, 5.41) is 10.3. The molecule has 5 heterocycles. The Hall–Kier alpha value is -2.83. The molecule has 4 fully saturated rings. The van der Waals surface area contributed by atoms with Gasteiger partial charge in [0.2, 0.25) is 6.79 Å². The molecule has 33 heavy (non-hydrogen) atoms. The van der Waals surface area contributed by atoms with Crippen LogP contribution in [0.5, 0.6) is 11.5 Å². The Balaban J connectivity index is 1.50. The molecule has 7 nitrogen and oxygen atoms in total. The van der Waals surface area contributed by atoms with Crippen molar-refractivity contribution in [3.05, 3.63) is 59.7 Å². The zero-order valence-electron chi connectivity index (χ0n) is 18.1. The molecule has 5 aliphatic heterocycles. The molecule has 7 rings (SSSR count). The first-order valence-electron chi connectivity index (χ1n) is 10.7. The number of hydrogen-bond donors (Lipinski definition) is 0. The zero-order valence-corrected chi connectivity index (χ0v) is 19.7. The third-order valence-electron chi connectivity index (χ3n) is 7.16. The maximum Gasteiger partial charge on any atom is 0.262 e. The van der Waals surface area contributed by atoms with Crippen LogP contribution in [0.15, 0.2) is 48.5 Å². The summed E-state index contributed by atoms with van der Waals surface area (Å²) in [6, 6.07) is 17.1. The number of carbonyl (C=O) groups excluding carboxylic acids is 2. The van der Waals surface area contributed by atoms with Crippen molar-refractivity contribution in [3.8, 4) is 17.6 Å². The number of amides is 2. The molecule has 2 aromatic carbocycles. The van der Waals surface area contributed by atoms with Crippen molar-refractivity contribution < 1.29 is 19.1 Å². The van der Waals surface area contributed by atoms with E-state index in [1.807, 2.05) is 55.5 Å². The van der Waals surface area contributed by atoms with Crippen LogP contribution in [0, 0.1) is 16.7 Å². The summed E-state index contributed by atoms with van der Waals surface area (Å²) in [5.41, 5.74) is 0.812. The molecule has 0 radical (unpaired) electrons. The Morgan fingerprint density at radius 2 is 1.85 bits per heavy atom. The smallest absolute Gasteiger partial charge is 0.262 e. The molecular weight excluding hydrogens is 458 g/mol. The van der Waals surface area contributed by atoms with Crippen LogP contribution < -0.4 is 9.47 Å². The molecule has 5 aliphatic rings. The highest BCUT2D eigenvalue weighted by Crippen LogP contribution is 2.70. The largest absolute Gasteiger partial charge is 0.454 e. The molecule has 0 N–H and O–H groups in total. The Morgan fingerprint density at radius 3 is 2.61 bits per heavy atom. The van der Waals surface area contributed by atoms with Gasteiger partial charge in [0.05, 0.1) is 17.5 Å². The number of nitrogens with zero attached hydrogens (tertiary/aromatic N) is 3. The number of fused-ring (bicyclic) bond motifs is 3. The molecule has 2 amide bonds. The van der Waals surface area contributed by atoms with Gasteiger partial charge in [-0.15, -0.1) is 0 Å². The van der Waals surface area contributed by atoms with Gasteiger partial charge in [0.25, 0.3) is 11.8 Å². The van der Waals surface area contributed by atoms with E-state index < -0.39 is 21.2 Å². The third-order valence-corrected chi connectivity index (χ3v) is 10.8. The number of rotatable bonds is 3. The Kier molecular flexibility index (Phi) is 4.30. The second-order valence-electron chi connectivity index (χ2n) is 9.16. The molecule has 2 aromatic rings. The quantitative estimate of drug-likeness (QED) is 0.621. The second-order valence-corrected chi connectivity index (χ2v) is 11.8. The van der Waals surface area contributed by atoms with E-state index >= 15 is 0 Å². The number of ether oxygens (including phenoxy) is 2. The minimum absolute atomic E-state index is 0.119. The van der Waals surface area contributed by atoms with Crippen LogP contribution >= 0.6 is 21.6 Å². The van der Waals surface area contributed by atoms with E-state index in [0.29, 0.717) is 17.9 Å². The van der Waals surface area contributed by atoms with E-state index in [4.69, 9.17) is 9.47 Å². The molecule has 4 atom stereocenters. The van der Waals surface area contributed by atoms with Gasteiger partial charge in [-0.25, -0.2) is 0 Å². The minimum Gasteiger partial charge on any atom is -0.454 e. The maximum absolute atomic E-state index is 14.3. The van der Waals surface area contributed by atoms with Crippen LogP contribution in [0.25, 0.3) is 0 Å². The normalized spacial score (nSPS) is 33.9. The predicted molar refractivity (Wildman–Crippen MR) is 124 cm³/mol. The van der Waals surface area contributed by atoms with E-state index in [-0.39, 0.29) is 25.0 Å². The van der Waals surface area contributed by atoms with Crippen LogP contribution in [-0.2, 0) is 16.0 Å². The molecule has 0 saturated carbocycles. The van der Waals surface area contributed by atoms with Crippen molar-refractivity contribution in [1.29, 1.82) is 5.26 Å². The molecule has 2 bridgehead atoms. The van der Waals surface area contributed by atoms with E-state index in [9.17, 15) is 14.9 Å². The standard InChI is InChI=1S/C24H21N3O4S2/c1-22(13-25)12-24-20(28)26(2)23(32-33-24,11-15-6-4-3-5-7-15)21(29)27(24)19(22)16-8-9-17-18(10-16)31-14-30-17/h3-10,19H,11-12,14H2,1-2H3/t19-,22+,23+,24-/m0/s1. The van der Waals surface area contributed by atoms with Gasteiger partial charge in [0.15, 0.2) is 21.2 Å². The molecule has 4 saturated heterocycles. The van der Waals surface area contributed by atoms with Crippen LogP contribution in [-0.4, -0.2) is 45.2 Å². The summed E-state index contributed by atoms with van der Waals surface area (Å²) >= 11 is 0. The molecule has 168 valence electrons. The first kappa shape index (κ1) is 20.8. The molecule has 1 spiro atoms. The lowest BCUT2D eigenvalue weighted by atomic mass is 9.79. The summed E-state index contributed by atoms with van der Waals surface area (Å²) in [4.78, 5) is 29.3. The van der Waals surface area contributed by atoms with Crippen molar-refractivity contribution in [2.24, 2.45) is 5.41 Å². The molecule has 0 aliphatic carbocycles. The number of benzene rings is 2. The third kappa shape index (κ3) is 2.59. The zero-order chi connectivity index (χ0) is 23.0. The van der Waals surface area contributed by atoms with Gasteiger partial charge < -0.3 is 19.3 Å². The highest BCUT2D eigenvalue weighted by molar-refractivity contribution is 8.78. The van der Waals surface area contributed by atoms with Crippen LogP contribution in [0.3, 0.4) is 0 Å². The number of likely N-dealkylation sites (N-methyl/N-ethyl adjacent to an activating group) is 1. The summed E-state index contributed by atoms with van der Waals surface area (Å²) in [6.45, 7) is 1.99. The van der Waals surface area contributed by atoms with Gasteiger partial charge in [0, 0.05) is 19.9 Å². The lowest BCUT2D eigenvalue weighted by molar-refractivity contribution is -0.165.